The molecule has 0 saturated heterocycles. The van der Waals surface area contributed by atoms with E-state index in [2.05, 4.69) is 9.84 Å². The molecular formula is C9H13ClN2O3. The number of aromatic nitrogens is 2. The Balaban J connectivity index is 2.81. The summed E-state index contributed by atoms with van der Waals surface area (Å²) in [5, 5.41) is 14.3. The minimum absolute atomic E-state index is 0.00718. The lowest BCUT2D eigenvalue weighted by molar-refractivity contribution is -0.162. The molecule has 0 bridgehead atoms. The fourth-order valence-corrected chi connectivity index (χ4v) is 1.32. The van der Waals surface area contributed by atoms with Gasteiger partial charge in [-0.1, -0.05) is 11.6 Å². The predicted molar refractivity (Wildman–Crippen MR) is 54.6 cm³/mol. The lowest BCUT2D eigenvalue weighted by atomic mass is 10.1. The summed E-state index contributed by atoms with van der Waals surface area (Å²) in [6, 6.07) is 0. The van der Waals surface area contributed by atoms with Crippen molar-refractivity contribution in [3.05, 3.63) is 16.9 Å². The Bertz CT molecular complexity index is 354. The second-order valence-electron chi connectivity index (χ2n) is 3.53. The highest BCUT2D eigenvalue weighted by molar-refractivity contribution is 6.31. The first-order chi connectivity index (χ1) is 6.86. The van der Waals surface area contributed by atoms with Crippen LogP contribution in [-0.4, -0.2) is 33.6 Å². The van der Waals surface area contributed by atoms with Crippen molar-refractivity contribution in [3.63, 3.8) is 0 Å². The third kappa shape index (κ3) is 2.70. The molecule has 0 aliphatic carbocycles. The van der Waals surface area contributed by atoms with Gasteiger partial charge in [0.2, 0.25) is 0 Å². The van der Waals surface area contributed by atoms with Crippen molar-refractivity contribution in [3.8, 4) is 0 Å². The number of carbonyl (C=O) groups excluding carboxylic acids is 1. The summed E-state index contributed by atoms with van der Waals surface area (Å²) in [6.07, 6.45) is 1.55. The fraction of sp³-hybridized carbons (Fsp3) is 0.556. The summed E-state index contributed by atoms with van der Waals surface area (Å²) in [6.45, 7) is 3.11. The maximum atomic E-state index is 11.2. The maximum Gasteiger partial charge on any atom is 0.339 e. The lowest BCUT2D eigenvalue weighted by Gasteiger charge is -2.19. The smallest absolute Gasteiger partial charge is 0.339 e. The van der Waals surface area contributed by atoms with Crippen LogP contribution in [-0.2, 0) is 16.1 Å². The van der Waals surface area contributed by atoms with E-state index in [4.69, 9.17) is 11.6 Å². The van der Waals surface area contributed by atoms with E-state index < -0.39 is 11.6 Å². The number of nitrogens with zero attached hydrogens (tertiary/aromatic N) is 2. The van der Waals surface area contributed by atoms with E-state index in [1.165, 1.54) is 18.7 Å². The Morgan fingerprint density at radius 2 is 2.40 bits per heavy atom. The number of hydrogen-bond donors (Lipinski definition) is 1. The van der Waals surface area contributed by atoms with Crippen LogP contribution in [0.2, 0.25) is 5.02 Å². The van der Waals surface area contributed by atoms with E-state index in [1.807, 2.05) is 0 Å². The van der Waals surface area contributed by atoms with Crippen molar-refractivity contribution in [2.24, 2.45) is 0 Å². The Morgan fingerprint density at radius 1 is 1.80 bits per heavy atom. The monoisotopic (exact) mass is 232 g/mol. The first kappa shape index (κ1) is 12.0. The average molecular weight is 233 g/mol. The molecule has 0 fully saturated rings. The van der Waals surface area contributed by atoms with Gasteiger partial charge in [-0.05, 0) is 13.8 Å². The number of ether oxygens (including phenoxy) is 1. The van der Waals surface area contributed by atoms with Gasteiger partial charge in [-0.3, -0.25) is 4.68 Å². The fourth-order valence-electron chi connectivity index (χ4n) is 1.17. The van der Waals surface area contributed by atoms with Crippen molar-refractivity contribution in [1.29, 1.82) is 0 Å². The van der Waals surface area contributed by atoms with Gasteiger partial charge >= 0.3 is 5.97 Å². The van der Waals surface area contributed by atoms with E-state index in [0.717, 1.165) is 0 Å². The molecule has 0 aliphatic heterocycles. The summed E-state index contributed by atoms with van der Waals surface area (Å²) in [4.78, 5) is 11.2. The highest BCUT2D eigenvalue weighted by atomic mass is 35.5. The minimum atomic E-state index is -1.60. The van der Waals surface area contributed by atoms with Crippen LogP contribution in [0.5, 0.6) is 0 Å². The first-order valence-electron chi connectivity index (χ1n) is 4.37. The number of methoxy groups -OCH3 is 1. The highest BCUT2D eigenvalue weighted by Crippen LogP contribution is 2.15. The molecule has 15 heavy (non-hydrogen) atoms. The molecule has 0 amide bonds. The zero-order chi connectivity index (χ0) is 11.6. The van der Waals surface area contributed by atoms with Gasteiger partial charge in [0.25, 0.3) is 0 Å². The second-order valence-corrected chi connectivity index (χ2v) is 3.93. The first-order valence-corrected chi connectivity index (χ1v) is 4.75. The minimum Gasteiger partial charge on any atom is -0.467 e. The molecule has 0 saturated carbocycles. The van der Waals surface area contributed by atoms with Crippen molar-refractivity contribution in [2.45, 2.75) is 26.0 Å². The van der Waals surface area contributed by atoms with Crippen molar-refractivity contribution in [1.82, 2.24) is 9.78 Å². The van der Waals surface area contributed by atoms with E-state index in [-0.39, 0.29) is 6.54 Å². The van der Waals surface area contributed by atoms with Crippen LogP contribution in [0.15, 0.2) is 6.20 Å². The standard InChI is InChI=1S/C9H13ClN2O3/c1-6-7(10)4-12(11-6)5-9(2,14)8(13)15-3/h4,14H,5H2,1-3H3. The van der Waals surface area contributed by atoms with Gasteiger partial charge in [-0.2, -0.15) is 5.10 Å². The van der Waals surface area contributed by atoms with Crippen LogP contribution in [0.4, 0.5) is 0 Å². The maximum absolute atomic E-state index is 11.2. The summed E-state index contributed by atoms with van der Waals surface area (Å²) >= 11 is 5.79. The quantitative estimate of drug-likeness (QED) is 0.782. The number of aryl methyl sites for hydroxylation is 1. The van der Waals surface area contributed by atoms with Crippen LogP contribution >= 0.6 is 11.6 Å². The molecule has 1 heterocycles. The predicted octanol–water partition coefficient (Wildman–Crippen LogP) is 0.769. The Morgan fingerprint density at radius 3 is 2.80 bits per heavy atom. The van der Waals surface area contributed by atoms with Crippen LogP contribution < -0.4 is 0 Å². The second kappa shape index (κ2) is 4.20. The van der Waals surface area contributed by atoms with Gasteiger partial charge in [0, 0.05) is 6.20 Å². The highest BCUT2D eigenvalue weighted by Gasteiger charge is 2.32. The zero-order valence-corrected chi connectivity index (χ0v) is 9.58. The van der Waals surface area contributed by atoms with Crippen LogP contribution in [0.25, 0.3) is 0 Å². The van der Waals surface area contributed by atoms with Crippen molar-refractivity contribution >= 4 is 17.6 Å². The van der Waals surface area contributed by atoms with Gasteiger partial charge < -0.3 is 9.84 Å². The summed E-state index contributed by atoms with van der Waals surface area (Å²) in [5.41, 5.74) is -0.950. The normalized spacial score (nSPS) is 14.7. The third-order valence-electron chi connectivity index (χ3n) is 1.98. The van der Waals surface area contributed by atoms with Gasteiger partial charge in [0.1, 0.15) is 0 Å². The van der Waals surface area contributed by atoms with Gasteiger partial charge in [0.05, 0.1) is 24.4 Å². The molecule has 0 aliphatic rings. The van der Waals surface area contributed by atoms with Crippen LogP contribution in [0.1, 0.15) is 12.6 Å². The third-order valence-corrected chi connectivity index (χ3v) is 2.35. The SMILES string of the molecule is COC(=O)C(C)(O)Cn1cc(Cl)c(C)n1. The van der Waals surface area contributed by atoms with Crippen LogP contribution in [0.3, 0.4) is 0 Å². The lowest BCUT2D eigenvalue weighted by Crippen LogP contribution is -2.40. The average Bonchev–Trinajstić information content (AvgIpc) is 2.43. The molecule has 84 valence electrons. The molecule has 1 aromatic rings. The summed E-state index contributed by atoms with van der Waals surface area (Å²) in [7, 11) is 1.22. The molecule has 6 heteroatoms. The van der Waals surface area contributed by atoms with E-state index >= 15 is 0 Å². The Kier molecular flexibility index (Phi) is 3.36. The largest absolute Gasteiger partial charge is 0.467 e. The number of aliphatic hydroxyl groups is 1. The van der Waals surface area contributed by atoms with E-state index in [0.29, 0.717) is 10.7 Å². The Labute approximate surface area is 92.6 Å². The number of halogens is 1. The molecule has 0 radical (unpaired) electrons. The molecule has 1 atom stereocenters. The van der Waals surface area contributed by atoms with Crippen molar-refractivity contribution < 1.29 is 14.6 Å². The molecule has 1 rings (SSSR count). The molecule has 0 aromatic carbocycles. The van der Waals surface area contributed by atoms with Gasteiger partial charge in [0.15, 0.2) is 5.60 Å². The van der Waals surface area contributed by atoms with E-state index in [9.17, 15) is 9.90 Å². The summed E-state index contributed by atoms with van der Waals surface area (Å²) in [5.74, 6) is -0.702. The van der Waals surface area contributed by atoms with Crippen LogP contribution in [0, 0.1) is 6.92 Å². The molecular weight excluding hydrogens is 220 g/mol. The molecule has 1 N–H and O–H groups in total. The number of rotatable bonds is 3. The topological polar surface area (TPSA) is 64.3 Å². The molecule has 5 nitrogen and oxygen atoms in total. The zero-order valence-electron chi connectivity index (χ0n) is 8.82. The molecule has 1 aromatic heterocycles. The van der Waals surface area contributed by atoms with E-state index in [1.54, 1.807) is 13.1 Å². The number of esters is 1. The van der Waals surface area contributed by atoms with Crippen molar-refractivity contribution in [2.75, 3.05) is 7.11 Å². The van der Waals surface area contributed by atoms with Gasteiger partial charge in [-0.25, -0.2) is 4.79 Å². The molecule has 1 unspecified atom stereocenters. The van der Waals surface area contributed by atoms with Gasteiger partial charge in [-0.15, -0.1) is 0 Å². The summed E-state index contributed by atoms with van der Waals surface area (Å²) < 4.78 is 5.87. The number of carbonyl (C=O) groups is 1. The Hall–Kier alpha value is -1.07. The molecule has 0 spiro atoms. The number of hydrogen-bond acceptors (Lipinski definition) is 4.